The molecule has 0 radical (unpaired) electrons. The molecular weight excluding hydrogens is 538 g/mol. The summed E-state index contributed by atoms with van der Waals surface area (Å²) in [5.74, 6) is -1.13. The average Bonchev–Trinajstić information content (AvgIpc) is 2.83. The Bertz CT molecular complexity index is 1730. The molecule has 9 heteroatoms. The van der Waals surface area contributed by atoms with E-state index in [-0.39, 0.29) is 17.0 Å². The van der Waals surface area contributed by atoms with Crippen molar-refractivity contribution in [2.24, 2.45) is 0 Å². The minimum atomic E-state index is -3.43. The zero-order valence-corrected chi connectivity index (χ0v) is 23.9. The van der Waals surface area contributed by atoms with Crippen LogP contribution in [0.4, 0.5) is 0 Å². The van der Waals surface area contributed by atoms with E-state index in [0.717, 1.165) is 11.8 Å². The molecule has 1 heterocycles. The van der Waals surface area contributed by atoms with Gasteiger partial charge in [0.1, 0.15) is 0 Å². The van der Waals surface area contributed by atoms with Crippen molar-refractivity contribution in [3.8, 4) is 11.1 Å². The van der Waals surface area contributed by atoms with Gasteiger partial charge in [0, 0.05) is 28.3 Å². The highest BCUT2D eigenvalue weighted by Crippen LogP contribution is 2.40. The van der Waals surface area contributed by atoms with Crippen molar-refractivity contribution in [1.82, 2.24) is 4.57 Å². The summed E-state index contributed by atoms with van der Waals surface area (Å²) in [5, 5.41) is 11.4. The minimum Gasteiger partial charge on any atom is -0.479 e. The van der Waals surface area contributed by atoms with Crippen LogP contribution in [0, 0.1) is 6.92 Å². The Balaban J connectivity index is 2.04. The number of rotatable bonds is 7. The number of aromatic nitrogens is 1. The van der Waals surface area contributed by atoms with Crippen LogP contribution in [0.2, 0.25) is 5.02 Å². The van der Waals surface area contributed by atoms with Crippen molar-refractivity contribution in [1.29, 1.82) is 0 Å². The SMILES string of the molecule is Cc1cc2c(ccc(=O)n2Cc2cccc(S(C)(=O)=O)c2)c(-c2ccc(Cl)cc2)c1[C@H](OC(C)(C)C)C(=O)O. The lowest BCUT2D eigenvalue weighted by atomic mass is 9.88. The topological polar surface area (TPSA) is 103 Å². The summed E-state index contributed by atoms with van der Waals surface area (Å²) < 4.78 is 31.8. The summed E-state index contributed by atoms with van der Waals surface area (Å²) >= 11 is 6.16. The molecule has 0 aliphatic rings. The normalized spacial score (nSPS) is 13.0. The van der Waals surface area contributed by atoms with Gasteiger partial charge in [0.05, 0.1) is 22.6 Å². The van der Waals surface area contributed by atoms with Crippen molar-refractivity contribution in [2.45, 2.75) is 50.8 Å². The molecule has 0 aliphatic carbocycles. The Kier molecular flexibility index (Phi) is 7.76. The molecule has 1 aromatic heterocycles. The van der Waals surface area contributed by atoms with Gasteiger partial charge < -0.3 is 14.4 Å². The molecule has 1 N–H and O–H groups in total. The summed E-state index contributed by atoms with van der Waals surface area (Å²) in [7, 11) is -3.43. The molecule has 0 saturated carbocycles. The third-order valence-electron chi connectivity index (χ3n) is 6.30. The van der Waals surface area contributed by atoms with E-state index in [9.17, 15) is 23.1 Å². The first kappa shape index (κ1) is 28.5. The molecule has 204 valence electrons. The van der Waals surface area contributed by atoms with Crippen LogP contribution >= 0.6 is 11.6 Å². The number of hydrogen-bond acceptors (Lipinski definition) is 5. The van der Waals surface area contributed by atoms with E-state index in [2.05, 4.69) is 0 Å². The zero-order valence-electron chi connectivity index (χ0n) is 22.4. The number of pyridine rings is 1. The molecule has 7 nitrogen and oxygen atoms in total. The molecule has 3 aromatic carbocycles. The number of aliphatic carboxylic acids is 1. The molecule has 39 heavy (non-hydrogen) atoms. The average molecular weight is 568 g/mol. The molecule has 0 bridgehead atoms. The van der Waals surface area contributed by atoms with E-state index in [1.807, 2.05) is 0 Å². The highest BCUT2D eigenvalue weighted by atomic mass is 35.5. The van der Waals surface area contributed by atoms with Crippen LogP contribution in [-0.4, -0.2) is 35.9 Å². The predicted octanol–water partition coefficient (Wildman–Crippen LogP) is 6.02. The number of carboxylic acids is 1. The lowest BCUT2D eigenvalue weighted by molar-refractivity contribution is -0.160. The highest BCUT2D eigenvalue weighted by Gasteiger charge is 2.32. The quantitative estimate of drug-likeness (QED) is 0.293. The van der Waals surface area contributed by atoms with Crippen LogP contribution in [0.3, 0.4) is 0 Å². The maximum atomic E-state index is 13.1. The van der Waals surface area contributed by atoms with E-state index >= 15 is 0 Å². The van der Waals surface area contributed by atoms with E-state index in [1.54, 1.807) is 86.9 Å². The van der Waals surface area contributed by atoms with Gasteiger partial charge in [0.25, 0.3) is 5.56 Å². The van der Waals surface area contributed by atoms with Crippen molar-refractivity contribution in [2.75, 3.05) is 6.26 Å². The highest BCUT2D eigenvalue weighted by molar-refractivity contribution is 7.90. The molecule has 4 rings (SSSR count). The molecule has 0 fully saturated rings. The third-order valence-corrected chi connectivity index (χ3v) is 7.66. The first-order valence-corrected chi connectivity index (χ1v) is 14.6. The van der Waals surface area contributed by atoms with Crippen LogP contribution in [0.5, 0.6) is 0 Å². The van der Waals surface area contributed by atoms with Gasteiger partial charge in [-0.1, -0.05) is 35.9 Å². The van der Waals surface area contributed by atoms with Gasteiger partial charge in [-0.3, -0.25) is 4.79 Å². The lowest BCUT2D eigenvalue weighted by Crippen LogP contribution is -2.28. The predicted molar refractivity (Wildman–Crippen MR) is 153 cm³/mol. The summed E-state index contributed by atoms with van der Waals surface area (Å²) in [6.07, 6.45) is -0.134. The fraction of sp³-hybridized carbons (Fsp3) is 0.267. The van der Waals surface area contributed by atoms with Crippen molar-refractivity contribution in [3.63, 3.8) is 0 Å². The number of carbonyl (C=O) groups is 1. The zero-order chi connectivity index (χ0) is 28.7. The van der Waals surface area contributed by atoms with Crippen LogP contribution in [0.1, 0.15) is 43.6 Å². The Morgan fingerprint density at radius 2 is 1.72 bits per heavy atom. The summed E-state index contributed by atoms with van der Waals surface area (Å²) in [6.45, 7) is 7.30. The lowest BCUT2D eigenvalue weighted by Gasteiger charge is -2.29. The van der Waals surface area contributed by atoms with Gasteiger partial charge >= 0.3 is 5.97 Å². The van der Waals surface area contributed by atoms with Crippen molar-refractivity contribution < 1.29 is 23.1 Å². The fourth-order valence-corrected chi connectivity index (χ4v) is 5.48. The largest absolute Gasteiger partial charge is 0.479 e. The van der Waals surface area contributed by atoms with Crippen LogP contribution in [-0.2, 0) is 25.9 Å². The molecular formula is C30H30ClNO6S. The Labute approximate surface area is 232 Å². The van der Waals surface area contributed by atoms with E-state index in [1.165, 1.54) is 12.1 Å². The van der Waals surface area contributed by atoms with Gasteiger partial charge in [-0.05, 0) is 86.3 Å². The summed E-state index contributed by atoms with van der Waals surface area (Å²) in [4.78, 5) is 25.8. The first-order chi connectivity index (χ1) is 18.2. The Hall–Kier alpha value is -3.46. The summed E-state index contributed by atoms with van der Waals surface area (Å²) in [5.41, 5.74) is 2.66. The number of fused-ring (bicyclic) bond motifs is 1. The van der Waals surface area contributed by atoms with Gasteiger partial charge in [-0.2, -0.15) is 0 Å². The number of nitrogens with zero attached hydrogens (tertiary/aromatic N) is 1. The number of hydrogen-bond donors (Lipinski definition) is 1. The maximum Gasteiger partial charge on any atom is 0.337 e. The van der Waals surface area contributed by atoms with Crippen LogP contribution in [0.25, 0.3) is 22.0 Å². The second-order valence-electron chi connectivity index (χ2n) is 10.5. The molecule has 0 aliphatic heterocycles. The molecule has 0 spiro atoms. The van der Waals surface area contributed by atoms with E-state index < -0.39 is 27.5 Å². The Morgan fingerprint density at radius 3 is 2.31 bits per heavy atom. The number of benzene rings is 3. The molecule has 1 atom stereocenters. The minimum absolute atomic E-state index is 0.124. The molecule has 0 unspecified atom stereocenters. The third kappa shape index (κ3) is 6.24. The number of ether oxygens (including phenoxy) is 1. The smallest absolute Gasteiger partial charge is 0.337 e. The van der Waals surface area contributed by atoms with Crippen LogP contribution in [0.15, 0.2) is 76.4 Å². The molecule has 4 aromatic rings. The van der Waals surface area contributed by atoms with Crippen molar-refractivity contribution >= 4 is 38.3 Å². The van der Waals surface area contributed by atoms with Gasteiger partial charge in [0.2, 0.25) is 0 Å². The van der Waals surface area contributed by atoms with Crippen LogP contribution < -0.4 is 5.56 Å². The number of carboxylic acid groups (broad SMARTS) is 1. The second kappa shape index (κ2) is 10.6. The molecule has 0 saturated heterocycles. The van der Waals surface area contributed by atoms with Gasteiger partial charge in [-0.15, -0.1) is 0 Å². The van der Waals surface area contributed by atoms with Gasteiger partial charge in [-0.25, -0.2) is 13.2 Å². The Morgan fingerprint density at radius 1 is 1.05 bits per heavy atom. The number of sulfone groups is 1. The van der Waals surface area contributed by atoms with Gasteiger partial charge in [0.15, 0.2) is 15.9 Å². The van der Waals surface area contributed by atoms with E-state index in [0.29, 0.717) is 38.2 Å². The monoisotopic (exact) mass is 567 g/mol. The number of aryl methyl sites for hydroxylation is 1. The molecule has 0 amide bonds. The van der Waals surface area contributed by atoms with E-state index in [4.69, 9.17) is 16.3 Å². The standard InChI is InChI=1S/C30H30ClNO6S/c1-18-15-24-23(13-14-25(33)32(24)17-19-7-6-8-22(16-19)39(5,36)37)27(20-9-11-21(31)12-10-20)26(18)28(29(34)35)38-30(2,3)4/h6-16,28H,17H2,1-5H3,(H,34,35)/t28-/m0/s1. The fourth-order valence-electron chi connectivity index (χ4n) is 4.66. The van der Waals surface area contributed by atoms with Crippen molar-refractivity contribution in [3.05, 3.63) is 98.8 Å². The second-order valence-corrected chi connectivity index (χ2v) is 13.0. The number of halogens is 1. The summed E-state index contributed by atoms with van der Waals surface area (Å²) in [6, 6.07) is 18.4. The first-order valence-electron chi connectivity index (χ1n) is 12.3. The maximum absolute atomic E-state index is 13.1.